The van der Waals surface area contributed by atoms with Crippen LogP contribution >= 0.6 is 0 Å². The predicted octanol–water partition coefficient (Wildman–Crippen LogP) is 2.22. The molecule has 0 saturated heterocycles. The Labute approximate surface area is 137 Å². The number of rotatable bonds is 0. The van der Waals surface area contributed by atoms with Crippen LogP contribution in [-0.2, 0) is 14.3 Å². The van der Waals surface area contributed by atoms with E-state index in [1.165, 1.54) is 6.42 Å². The van der Waals surface area contributed by atoms with Gasteiger partial charge in [-0.15, -0.1) is 0 Å². The Morgan fingerprint density at radius 2 is 1.64 bits per heavy atom. The number of ether oxygens (including phenoxy) is 1. The van der Waals surface area contributed by atoms with Crippen LogP contribution in [0.5, 0.6) is 0 Å². The second kappa shape index (κ2) is 11.0. The van der Waals surface area contributed by atoms with Crippen LogP contribution < -0.4 is 5.73 Å². The summed E-state index contributed by atoms with van der Waals surface area (Å²) in [5, 5.41) is 0. The van der Waals surface area contributed by atoms with Crippen molar-refractivity contribution in [1.29, 1.82) is 0 Å². The first kappa shape index (κ1) is 14.0. The first-order valence-corrected chi connectivity index (χ1v) is 8.11. The Kier molecular flexibility index (Phi) is 7.04. The molecule has 1 heterocycles. The summed E-state index contributed by atoms with van der Waals surface area (Å²) in [6, 6.07) is 0. The summed E-state index contributed by atoms with van der Waals surface area (Å²) in [4.78, 5) is 28.0. The molecule has 0 radical (unpaired) electrons. The van der Waals surface area contributed by atoms with Gasteiger partial charge in [-0.3, -0.25) is 9.59 Å². The normalized spacial score (nSPS) is 24.1. The number of aliphatic imine (C=N–C) groups is 1. The number of cyclic esters (lactones) is 1. The molecule has 0 aromatic rings. The van der Waals surface area contributed by atoms with E-state index in [9.17, 15) is 9.59 Å². The Balaban J connectivity index is 2.75. The van der Waals surface area contributed by atoms with Crippen molar-refractivity contribution in [3.8, 4) is 0 Å². The van der Waals surface area contributed by atoms with Crippen LogP contribution in [0.25, 0.3) is 0 Å². The van der Waals surface area contributed by atoms with E-state index in [1.54, 1.807) is 0 Å². The molecule has 1 aliphatic rings. The Morgan fingerprint density at radius 1 is 1.05 bits per heavy atom. The predicted molar refractivity (Wildman–Crippen MR) is 86.4 cm³/mol. The van der Waals surface area contributed by atoms with E-state index in [0.717, 1.165) is 44.9 Å². The lowest BCUT2D eigenvalue weighted by Gasteiger charge is -2.16. The molecule has 0 spiro atoms. The maximum Gasteiger partial charge on any atom is 0.325 e. The highest BCUT2D eigenvalue weighted by Gasteiger charge is 2.11. The molecule has 22 heavy (non-hydrogen) atoms. The van der Waals surface area contributed by atoms with Crippen LogP contribution in [0.2, 0.25) is 0 Å². The molecule has 0 aromatic carbocycles. The van der Waals surface area contributed by atoms with Crippen LogP contribution in [0.1, 0.15) is 68.3 Å². The van der Waals surface area contributed by atoms with Gasteiger partial charge in [0.25, 0.3) is 0 Å². The molecule has 1 aliphatic heterocycles. The number of likely N-dealkylation sites (N-methyl/N-ethyl adjacent to an activating group) is 1. The number of nitrogens with zero attached hydrogens (tertiary/aromatic N) is 2. The maximum atomic E-state index is 11.9. The highest BCUT2D eigenvalue weighted by Crippen LogP contribution is 2.11. The molecule has 126 valence electrons. The minimum Gasteiger partial charge on any atom is -0.464 e. The van der Waals surface area contributed by atoms with Gasteiger partial charge in [0, 0.05) is 17.5 Å². The molecule has 0 atom stereocenters. The van der Waals surface area contributed by atoms with Gasteiger partial charge in [-0.1, -0.05) is 44.9 Å². The molecule has 1 rings (SSSR count). The van der Waals surface area contributed by atoms with E-state index >= 15 is 0 Å². The third-order valence-corrected chi connectivity index (χ3v) is 3.60. The van der Waals surface area contributed by atoms with E-state index in [2.05, 4.69) is 4.99 Å². The average Bonchev–Trinajstić information content (AvgIpc) is 2.51. The van der Waals surface area contributed by atoms with Gasteiger partial charge >= 0.3 is 5.97 Å². The van der Waals surface area contributed by atoms with E-state index in [0.29, 0.717) is 11.3 Å². The molecule has 0 fully saturated rings. The number of esters is 1. The van der Waals surface area contributed by atoms with Crippen molar-refractivity contribution in [2.45, 2.75) is 64.2 Å². The van der Waals surface area contributed by atoms with Gasteiger partial charge < -0.3 is 15.4 Å². The van der Waals surface area contributed by atoms with Crippen molar-refractivity contribution in [2.24, 2.45) is 10.7 Å². The summed E-state index contributed by atoms with van der Waals surface area (Å²) in [6.45, 7) is -2.98. The molecule has 0 bridgehead atoms. The fourth-order valence-corrected chi connectivity index (χ4v) is 2.30. The SMILES string of the molecule is [2H]C([2H])([2H])N1CC(=O)OCCCCCCCCCCCC(=O)N=C1N. The molecule has 0 saturated carbocycles. The summed E-state index contributed by atoms with van der Waals surface area (Å²) in [5.74, 6) is -1.63. The van der Waals surface area contributed by atoms with Crippen molar-refractivity contribution in [3.63, 3.8) is 0 Å². The quantitative estimate of drug-likeness (QED) is 0.693. The number of amides is 1. The first-order chi connectivity index (χ1) is 11.8. The average molecular weight is 314 g/mol. The lowest BCUT2D eigenvalue weighted by molar-refractivity contribution is -0.144. The van der Waals surface area contributed by atoms with Gasteiger partial charge in [-0.2, -0.15) is 4.99 Å². The summed E-state index contributed by atoms with van der Waals surface area (Å²) >= 11 is 0. The third kappa shape index (κ3) is 8.64. The number of carbonyl (C=O) groups is 2. The van der Waals surface area contributed by atoms with E-state index in [-0.39, 0.29) is 13.0 Å². The molecular formula is C16H29N3O3. The van der Waals surface area contributed by atoms with Crippen molar-refractivity contribution in [2.75, 3.05) is 20.1 Å². The number of carbonyl (C=O) groups excluding carboxylic acids is 2. The highest BCUT2D eigenvalue weighted by atomic mass is 16.5. The van der Waals surface area contributed by atoms with Gasteiger partial charge in [-0.05, 0) is 12.8 Å². The van der Waals surface area contributed by atoms with Crippen molar-refractivity contribution < 1.29 is 18.4 Å². The lowest BCUT2D eigenvalue weighted by Crippen LogP contribution is -2.39. The van der Waals surface area contributed by atoms with Crippen LogP contribution in [0, 0.1) is 0 Å². The smallest absolute Gasteiger partial charge is 0.325 e. The lowest BCUT2D eigenvalue weighted by atomic mass is 10.1. The van der Waals surface area contributed by atoms with Crippen LogP contribution in [0.3, 0.4) is 0 Å². The van der Waals surface area contributed by atoms with Crippen LogP contribution in [-0.4, -0.2) is 42.9 Å². The second-order valence-electron chi connectivity index (χ2n) is 5.60. The van der Waals surface area contributed by atoms with Gasteiger partial charge in [0.2, 0.25) is 5.91 Å². The summed E-state index contributed by atoms with van der Waals surface area (Å²) < 4.78 is 27.5. The molecule has 0 aliphatic carbocycles. The molecule has 2 N–H and O–H groups in total. The van der Waals surface area contributed by atoms with Crippen molar-refractivity contribution in [1.82, 2.24) is 4.90 Å². The largest absolute Gasteiger partial charge is 0.464 e. The van der Waals surface area contributed by atoms with E-state index in [4.69, 9.17) is 14.6 Å². The standard InChI is InChI=1S/C16H29N3O3/c1-19-13-15(21)22-12-10-8-6-4-2-3-5-7-9-11-14(20)18-16(19)17/h2-13H2,1H3,(H2,17,18,20)/i1D3. The Bertz CT molecular complexity index is 467. The van der Waals surface area contributed by atoms with Gasteiger partial charge in [-0.25, -0.2) is 0 Å². The number of hydrogen-bond acceptors (Lipinski definition) is 5. The number of hydrogen-bond donors (Lipinski definition) is 1. The zero-order valence-corrected chi connectivity index (χ0v) is 13.2. The topological polar surface area (TPSA) is 85.0 Å². The Morgan fingerprint density at radius 3 is 2.27 bits per heavy atom. The molecular weight excluding hydrogens is 282 g/mol. The van der Waals surface area contributed by atoms with E-state index < -0.39 is 31.4 Å². The zero-order chi connectivity index (χ0) is 18.7. The van der Waals surface area contributed by atoms with Crippen molar-refractivity contribution >= 4 is 17.8 Å². The fourth-order valence-electron chi connectivity index (χ4n) is 2.30. The molecule has 1 amide bonds. The molecule has 0 aromatic heterocycles. The van der Waals surface area contributed by atoms with Gasteiger partial charge in [0.1, 0.15) is 6.54 Å². The van der Waals surface area contributed by atoms with E-state index in [1.807, 2.05) is 0 Å². The summed E-state index contributed by atoms with van der Waals surface area (Å²) in [5.41, 5.74) is 5.66. The monoisotopic (exact) mass is 314 g/mol. The number of nitrogens with two attached hydrogens (primary N) is 1. The summed E-state index contributed by atoms with van der Waals surface area (Å²) in [6.07, 6.45) is 9.23. The minimum atomic E-state index is -2.67. The van der Waals surface area contributed by atoms with Gasteiger partial charge in [0.15, 0.2) is 5.96 Å². The van der Waals surface area contributed by atoms with Gasteiger partial charge in [0.05, 0.1) is 6.61 Å². The molecule has 6 heteroatoms. The minimum absolute atomic E-state index is 0.222. The second-order valence-corrected chi connectivity index (χ2v) is 5.60. The Hall–Kier alpha value is -1.59. The van der Waals surface area contributed by atoms with Crippen molar-refractivity contribution in [3.05, 3.63) is 0 Å². The van der Waals surface area contributed by atoms with Crippen LogP contribution in [0.4, 0.5) is 0 Å². The summed E-state index contributed by atoms with van der Waals surface area (Å²) in [7, 11) is 0. The zero-order valence-electron chi connectivity index (χ0n) is 16.2. The number of guanidine groups is 1. The maximum absolute atomic E-state index is 11.9. The highest BCUT2D eigenvalue weighted by molar-refractivity contribution is 5.93. The third-order valence-electron chi connectivity index (χ3n) is 3.60. The molecule has 6 nitrogen and oxygen atoms in total. The van der Waals surface area contributed by atoms with Crippen LogP contribution in [0.15, 0.2) is 4.99 Å². The first-order valence-electron chi connectivity index (χ1n) is 9.61. The molecule has 0 unspecified atom stereocenters. The fraction of sp³-hybridized carbons (Fsp3) is 0.812.